The highest BCUT2D eigenvalue weighted by molar-refractivity contribution is 5.83. The lowest BCUT2D eigenvalue weighted by Crippen LogP contribution is -2.48. The van der Waals surface area contributed by atoms with Crippen molar-refractivity contribution in [2.24, 2.45) is 0 Å². The van der Waals surface area contributed by atoms with Crippen molar-refractivity contribution in [2.45, 2.75) is 58.0 Å². The molecule has 0 amide bonds. The molecule has 0 fully saturated rings. The number of rotatable bonds is 4. The van der Waals surface area contributed by atoms with E-state index in [1.54, 1.807) is 18.3 Å². The SMILES string of the molecule is CC(C)c1cc(F)c(C2c3ccc4[nH]ncc4c3C[C@@H](C)N2CC(C)(F)F)c(F)c1. The van der Waals surface area contributed by atoms with Crippen LogP contribution in [0, 0.1) is 11.6 Å². The van der Waals surface area contributed by atoms with Crippen molar-refractivity contribution in [3.8, 4) is 0 Å². The quantitative estimate of drug-likeness (QED) is 0.530. The number of aromatic amines is 1. The molecule has 0 saturated heterocycles. The average Bonchev–Trinajstić information content (AvgIpc) is 3.11. The van der Waals surface area contributed by atoms with Crippen LogP contribution < -0.4 is 0 Å². The fourth-order valence-corrected chi connectivity index (χ4v) is 4.51. The molecule has 2 aromatic carbocycles. The normalized spacial score (nSPS) is 20.2. The Morgan fingerprint density at radius 3 is 2.47 bits per heavy atom. The number of hydrogen-bond donors (Lipinski definition) is 1. The number of alkyl halides is 2. The van der Waals surface area contributed by atoms with Crippen LogP contribution >= 0.6 is 0 Å². The molecule has 0 aliphatic carbocycles. The molecule has 2 atom stereocenters. The predicted octanol–water partition coefficient (Wildman–Crippen LogP) is 5.96. The zero-order valence-electron chi connectivity index (χ0n) is 17.4. The van der Waals surface area contributed by atoms with Gasteiger partial charge in [-0.05, 0) is 54.2 Å². The Labute approximate surface area is 173 Å². The van der Waals surface area contributed by atoms with E-state index in [0.717, 1.165) is 23.4 Å². The molecule has 1 N–H and O–H groups in total. The van der Waals surface area contributed by atoms with Gasteiger partial charge in [0.2, 0.25) is 0 Å². The fourth-order valence-electron chi connectivity index (χ4n) is 4.51. The summed E-state index contributed by atoms with van der Waals surface area (Å²) in [5.41, 5.74) is 2.70. The van der Waals surface area contributed by atoms with E-state index in [0.29, 0.717) is 17.5 Å². The van der Waals surface area contributed by atoms with Crippen LogP contribution in [0.25, 0.3) is 10.9 Å². The van der Waals surface area contributed by atoms with Crippen molar-refractivity contribution >= 4 is 10.9 Å². The van der Waals surface area contributed by atoms with Gasteiger partial charge in [0.25, 0.3) is 5.92 Å². The molecule has 0 saturated carbocycles. The van der Waals surface area contributed by atoms with Gasteiger partial charge in [-0.25, -0.2) is 17.6 Å². The zero-order chi connectivity index (χ0) is 21.8. The summed E-state index contributed by atoms with van der Waals surface area (Å²) in [7, 11) is 0. The standard InChI is InChI=1S/C23H25F4N3/c1-12(2)14-8-18(24)21(19(25)9-14)22-15-5-6-20-17(10-28-29-20)16(15)7-13(3)30(22)11-23(4,26)27/h5-6,8-10,12-13,22H,7,11H2,1-4H3,(H,28,29)/t13-,22?/m1/s1. The van der Waals surface area contributed by atoms with Gasteiger partial charge in [-0.3, -0.25) is 10.00 Å². The highest BCUT2D eigenvalue weighted by atomic mass is 19.3. The first-order valence-corrected chi connectivity index (χ1v) is 10.1. The van der Waals surface area contributed by atoms with Crippen molar-refractivity contribution in [3.63, 3.8) is 0 Å². The lowest BCUT2D eigenvalue weighted by atomic mass is 9.82. The third-order valence-corrected chi connectivity index (χ3v) is 5.97. The first-order valence-electron chi connectivity index (χ1n) is 10.1. The second-order valence-corrected chi connectivity index (χ2v) is 8.72. The molecule has 1 aliphatic heterocycles. The number of halogens is 4. The molecule has 1 aliphatic rings. The van der Waals surface area contributed by atoms with Crippen LogP contribution in [0.1, 0.15) is 61.9 Å². The van der Waals surface area contributed by atoms with Crippen LogP contribution in [-0.4, -0.2) is 33.6 Å². The third-order valence-electron chi connectivity index (χ3n) is 5.97. The van der Waals surface area contributed by atoms with Crippen molar-refractivity contribution in [3.05, 3.63) is 64.4 Å². The number of aromatic nitrogens is 2. The Bertz CT molecular complexity index is 1060. The molecular weight excluding hydrogens is 394 g/mol. The van der Waals surface area contributed by atoms with Gasteiger partial charge in [0.05, 0.1) is 24.3 Å². The van der Waals surface area contributed by atoms with Crippen LogP contribution in [0.4, 0.5) is 17.6 Å². The minimum atomic E-state index is -3.01. The van der Waals surface area contributed by atoms with Crippen molar-refractivity contribution in [1.82, 2.24) is 15.1 Å². The van der Waals surface area contributed by atoms with Crippen molar-refractivity contribution in [2.75, 3.05) is 6.54 Å². The van der Waals surface area contributed by atoms with Crippen molar-refractivity contribution in [1.29, 1.82) is 0 Å². The van der Waals surface area contributed by atoms with Gasteiger partial charge < -0.3 is 0 Å². The average molecular weight is 419 g/mol. The molecule has 0 bridgehead atoms. The van der Waals surface area contributed by atoms with Gasteiger partial charge in [-0.1, -0.05) is 19.9 Å². The van der Waals surface area contributed by atoms with Gasteiger partial charge >= 0.3 is 0 Å². The molecule has 0 spiro atoms. The predicted molar refractivity (Wildman–Crippen MR) is 109 cm³/mol. The van der Waals surface area contributed by atoms with Gasteiger partial charge in [-0.15, -0.1) is 0 Å². The summed E-state index contributed by atoms with van der Waals surface area (Å²) >= 11 is 0. The fraction of sp³-hybridized carbons (Fsp3) is 0.435. The van der Waals surface area contributed by atoms with Crippen LogP contribution in [-0.2, 0) is 6.42 Å². The molecule has 1 unspecified atom stereocenters. The van der Waals surface area contributed by atoms with E-state index in [2.05, 4.69) is 10.2 Å². The maximum absolute atomic E-state index is 15.3. The Balaban J connectivity index is 1.96. The van der Waals surface area contributed by atoms with E-state index < -0.39 is 30.1 Å². The topological polar surface area (TPSA) is 31.9 Å². The summed E-state index contributed by atoms with van der Waals surface area (Å²) in [6.45, 7) is 5.77. The molecule has 1 aromatic heterocycles. The molecule has 30 heavy (non-hydrogen) atoms. The molecule has 0 radical (unpaired) electrons. The molecule has 2 heterocycles. The minimum Gasteiger partial charge on any atom is -0.283 e. The maximum atomic E-state index is 15.3. The maximum Gasteiger partial charge on any atom is 0.257 e. The number of fused-ring (bicyclic) bond motifs is 3. The van der Waals surface area contributed by atoms with E-state index >= 15 is 8.78 Å². The summed E-state index contributed by atoms with van der Waals surface area (Å²) in [5.74, 6) is -4.47. The summed E-state index contributed by atoms with van der Waals surface area (Å²) in [4.78, 5) is 1.52. The molecule has 160 valence electrons. The summed E-state index contributed by atoms with van der Waals surface area (Å²) in [6, 6.07) is 4.90. The second kappa shape index (κ2) is 7.38. The van der Waals surface area contributed by atoms with Gasteiger partial charge in [0, 0.05) is 23.9 Å². The Morgan fingerprint density at radius 1 is 1.20 bits per heavy atom. The number of hydrogen-bond acceptors (Lipinski definition) is 2. The van der Waals surface area contributed by atoms with Gasteiger partial charge in [0.1, 0.15) is 11.6 Å². The minimum absolute atomic E-state index is 0.0535. The molecule has 4 rings (SSSR count). The van der Waals surface area contributed by atoms with Crippen molar-refractivity contribution < 1.29 is 17.6 Å². The monoisotopic (exact) mass is 419 g/mol. The van der Waals surface area contributed by atoms with E-state index in [1.165, 1.54) is 17.0 Å². The number of nitrogens with zero attached hydrogens (tertiary/aromatic N) is 2. The zero-order valence-corrected chi connectivity index (χ0v) is 17.4. The Morgan fingerprint density at radius 2 is 1.87 bits per heavy atom. The lowest BCUT2D eigenvalue weighted by molar-refractivity contribution is -0.0370. The molecular formula is C23H25F4N3. The first kappa shape index (κ1) is 20.8. The van der Waals surface area contributed by atoms with E-state index in [9.17, 15) is 8.78 Å². The largest absolute Gasteiger partial charge is 0.283 e. The van der Waals surface area contributed by atoms with E-state index in [-0.39, 0.29) is 17.5 Å². The molecule has 7 heteroatoms. The Kier molecular flexibility index (Phi) is 5.12. The van der Waals surface area contributed by atoms with Gasteiger partial charge in [0.15, 0.2) is 0 Å². The van der Waals surface area contributed by atoms with Crippen LogP contribution in [0.15, 0.2) is 30.5 Å². The van der Waals surface area contributed by atoms with Crippen LogP contribution in [0.5, 0.6) is 0 Å². The number of H-pyrrole nitrogens is 1. The number of nitrogens with one attached hydrogen (secondary N) is 1. The highest BCUT2D eigenvalue weighted by Crippen LogP contribution is 2.43. The van der Waals surface area contributed by atoms with E-state index in [4.69, 9.17) is 0 Å². The summed E-state index contributed by atoms with van der Waals surface area (Å²) in [5, 5.41) is 7.82. The molecule has 3 aromatic rings. The van der Waals surface area contributed by atoms with Crippen LogP contribution in [0.2, 0.25) is 0 Å². The first-order chi connectivity index (χ1) is 14.1. The molecule has 3 nitrogen and oxygen atoms in total. The lowest BCUT2D eigenvalue weighted by Gasteiger charge is -2.43. The number of benzene rings is 2. The van der Waals surface area contributed by atoms with E-state index in [1.807, 2.05) is 20.8 Å². The summed E-state index contributed by atoms with van der Waals surface area (Å²) < 4.78 is 58.7. The Hall–Kier alpha value is -2.41. The highest BCUT2D eigenvalue weighted by Gasteiger charge is 2.41. The smallest absolute Gasteiger partial charge is 0.257 e. The summed E-state index contributed by atoms with van der Waals surface area (Å²) in [6.07, 6.45) is 2.17. The van der Waals surface area contributed by atoms with Gasteiger partial charge in [-0.2, -0.15) is 5.10 Å². The van der Waals surface area contributed by atoms with Crippen LogP contribution in [0.3, 0.4) is 0 Å². The third kappa shape index (κ3) is 3.60. The second-order valence-electron chi connectivity index (χ2n) is 8.72.